The van der Waals surface area contributed by atoms with E-state index in [9.17, 15) is 13.2 Å². The van der Waals surface area contributed by atoms with Crippen molar-refractivity contribution in [3.8, 4) is 0 Å². The van der Waals surface area contributed by atoms with Crippen molar-refractivity contribution in [2.75, 3.05) is 13.1 Å². The zero-order valence-electron chi connectivity index (χ0n) is 13.4. The Morgan fingerprint density at radius 2 is 1.92 bits per heavy atom. The average molecular weight is 344 g/mol. The molecule has 24 heavy (non-hydrogen) atoms. The fourth-order valence-corrected chi connectivity index (χ4v) is 2.71. The van der Waals surface area contributed by atoms with E-state index in [2.05, 4.69) is 28.4 Å². The van der Waals surface area contributed by atoms with Crippen LogP contribution in [0.3, 0.4) is 0 Å². The maximum Gasteiger partial charge on any atom is 0.490 e. The quantitative estimate of drug-likeness (QED) is 0.831. The molecular formula is C15H19F3N4O2. The van der Waals surface area contributed by atoms with Crippen LogP contribution in [0.25, 0.3) is 5.65 Å². The highest BCUT2D eigenvalue weighted by Gasteiger charge is 2.38. The van der Waals surface area contributed by atoms with Gasteiger partial charge in [0, 0.05) is 17.0 Å². The Morgan fingerprint density at radius 1 is 1.33 bits per heavy atom. The topological polar surface area (TPSA) is 79.5 Å². The molecule has 0 aromatic carbocycles. The van der Waals surface area contributed by atoms with Crippen LogP contribution in [0.2, 0.25) is 0 Å². The minimum Gasteiger partial charge on any atom is -0.475 e. The average Bonchev–Trinajstić information content (AvgIpc) is 2.92. The molecule has 0 aliphatic carbocycles. The number of hydrogen-bond donors (Lipinski definition) is 2. The van der Waals surface area contributed by atoms with E-state index in [-0.39, 0.29) is 0 Å². The van der Waals surface area contributed by atoms with Gasteiger partial charge in [0.15, 0.2) is 5.65 Å². The predicted octanol–water partition coefficient (Wildman–Crippen LogP) is 2.45. The summed E-state index contributed by atoms with van der Waals surface area (Å²) in [6.45, 7) is 6.34. The standard InChI is InChI=1S/C13H18N4.C2HF3O2/c1-9-7-10(2)17-13(16-9)12(8-15-17)11-3-5-14-6-4-11;3-2(4,5)1(6)7/h7-8,11,14H,3-6H2,1-2H3;(H,6,7). The van der Waals surface area contributed by atoms with E-state index < -0.39 is 12.1 Å². The second kappa shape index (κ2) is 7.16. The van der Waals surface area contributed by atoms with Gasteiger partial charge in [0.05, 0.1) is 6.20 Å². The number of alkyl halides is 3. The van der Waals surface area contributed by atoms with Crippen LogP contribution in [-0.4, -0.2) is 44.9 Å². The molecular weight excluding hydrogens is 325 g/mol. The summed E-state index contributed by atoms with van der Waals surface area (Å²) in [6, 6.07) is 2.08. The molecule has 0 atom stereocenters. The number of aromatic nitrogens is 3. The first-order valence-electron chi connectivity index (χ1n) is 7.53. The molecule has 6 nitrogen and oxygen atoms in total. The number of aryl methyl sites for hydroxylation is 2. The highest BCUT2D eigenvalue weighted by atomic mass is 19.4. The molecule has 1 saturated heterocycles. The largest absolute Gasteiger partial charge is 0.490 e. The summed E-state index contributed by atoms with van der Waals surface area (Å²) >= 11 is 0. The third kappa shape index (κ3) is 4.22. The van der Waals surface area contributed by atoms with Crippen LogP contribution >= 0.6 is 0 Å². The first kappa shape index (κ1) is 18.2. The summed E-state index contributed by atoms with van der Waals surface area (Å²) in [7, 11) is 0. The molecule has 0 spiro atoms. The zero-order chi connectivity index (χ0) is 17.9. The number of carboxylic acid groups (broad SMARTS) is 1. The molecule has 0 unspecified atom stereocenters. The third-order valence-corrected chi connectivity index (χ3v) is 3.83. The Morgan fingerprint density at radius 3 is 2.46 bits per heavy atom. The van der Waals surface area contributed by atoms with E-state index in [4.69, 9.17) is 9.90 Å². The number of carbonyl (C=O) groups is 1. The van der Waals surface area contributed by atoms with Crippen molar-refractivity contribution in [1.82, 2.24) is 19.9 Å². The summed E-state index contributed by atoms with van der Waals surface area (Å²) in [5, 5.41) is 15.0. The monoisotopic (exact) mass is 344 g/mol. The normalized spacial score (nSPS) is 15.9. The van der Waals surface area contributed by atoms with E-state index in [1.54, 1.807) is 0 Å². The Hall–Kier alpha value is -2.16. The smallest absolute Gasteiger partial charge is 0.475 e. The number of nitrogens with zero attached hydrogens (tertiary/aromatic N) is 3. The minimum atomic E-state index is -5.08. The van der Waals surface area contributed by atoms with E-state index in [0.717, 1.165) is 30.1 Å². The Balaban J connectivity index is 0.000000256. The molecule has 3 rings (SSSR count). The highest BCUT2D eigenvalue weighted by Crippen LogP contribution is 2.28. The number of rotatable bonds is 1. The second-order valence-corrected chi connectivity index (χ2v) is 5.70. The third-order valence-electron chi connectivity index (χ3n) is 3.83. The van der Waals surface area contributed by atoms with E-state index in [0.29, 0.717) is 5.92 Å². The molecule has 0 saturated carbocycles. The van der Waals surface area contributed by atoms with Gasteiger partial charge in [-0.1, -0.05) is 0 Å². The van der Waals surface area contributed by atoms with Gasteiger partial charge in [-0.25, -0.2) is 14.3 Å². The number of nitrogens with one attached hydrogen (secondary N) is 1. The lowest BCUT2D eigenvalue weighted by molar-refractivity contribution is -0.192. The van der Waals surface area contributed by atoms with E-state index >= 15 is 0 Å². The molecule has 9 heteroatoms. The van der Waals surface area contributed by atoms with Gasteiger partial charge in [0.1, 0.15) is 0 Å². The lowest BCUT2D eigenvalue weighted by Crippen LogP contribution is -2.26. The molecule has 2 aromatic heterocycles. The molecule has 2 aromatic rings. The van der Waals surface area contributed by atoms with Gasteiger partial charge in [-0.2, -0.15) is 18.3 Å². The van der Waals surface area contributed by atoms with Gasteiger partial charge >= 0.3 is 12.1 Å². The number of aliphatic carboxylic acids is 1. The number of piperidine rings is 1. The fraction of sp³-hybridized carbons (Fsp3) is 0.533. The van der Waals surface area contributed by atoms with E-state index in [1.807, 2.05) is 17.6 Å². The summed E-state index contributed by atoms with van der Waals surface area (Å²) in [5.41, 5.74) is 4.60. The molecule has 0 radical (unpaired) electrons. The zero-order valence-corrected chi connectivity index (χ0v) is 13.4. The highest BCUT2D eigenvalue weighted by molar-refractivity contribution is 5.73. The number of fused-ring (bicyclic) bond motifs is 1. The number of hydrogen-bond acceptors (Lipinski definition) is 4. The first-order chi connectivity index (χ1) is 11.2. The number of halogens is 3. The van der Waals surface area contributed by atoms with Crippen molar-refractivity contribution in [1.29, 1.82) is 0 Å². The number of carboxylic acids is 1. The van der Waals surface area contributed by atoms with Crippen LogP contribution in [0, 0.1) is 13.8 Å². The van der Waals surface area contributed by atoms with Gasteiger partial charge in [-0.05, 0) is 51.8 Å². The molecule has 1 aliphatic heterocycles. The Kier molecular flexibility index (Phi) is 5.43. The summed E-state index contributed by atoms with van der Waals surface area (Å²) < 4.78 is 33.7. The van der Waals surface area contributed by atoms with Gasteiger partial charge in [-0.15, -0.1) is 0 Å². The van der Waals surface area contributed by atoms with Crippen LogP contribution in [-0.2, 0) is 4.79 Å². The van der Waals surface area contributed by atoms with Crippen LogP contribution < -0.4 is 5.32 Å². The van der Waals surface area contributed by atoms with Crippen LogP contribution in [0.4, 0.5) is 13.2 Å². The van der Waals surface area contributed by atoms with Crippen molar-refractivity contribution in [2.45, 2.75) is 38.8 Å². The Bertz CT molecular complexity index is 721. The van der Waals surface area contributed by atoms with Crippen LogP contribution in [0.5, 0.6) is 0 Å². The van der Waals surface area contributed by atoms with Crippen molar-refractivity contribution >= 4 is 11.6 Å². The van der Waals surface area contributed by atoms with Crippen molar-refractivity contribution in [3.63, 3.8) is 0 Å². The van der Waals surface area contributed by atoms with Crippen molar-refractivity contribution < 1.29 is 23.1 Å². The lowest BCUT2D eigenvalue weighted by Gasteiger charge is -2.21. The molecule has 2 N–H and O–H groups in total. The molecule has 1 fully saturated rings. The van der Waals surface area contributed by atoms with Crippen molar-refractivity contribution in [2.24, 2.45) is 0 Å². The summed E-state index contributed by atoms with van der Waals surface area (Å²) in [4.78, 5) is 13.5. The van der Waals surface area contributed by atoms with Gasteiger partial charge < -0.3 is 10.4 Å². The Labute approximate surface area is 136 Å². The van der Waals surface area contributed by atoms with Crippen LogP contribution in [0.1, 0.15) is 35.7 Å². The molecule has 0 amide bonds. The molecule has 3 heterocycles. The second-order valence-electron chi connectivity index (χ2n) is 5.70. The van der Waals surface area contributed by atoms with Gasteiger partial charge in [0.2, 0.25) is 0 Å². The summed E-state index contributed by atoms with van der Waals surface area (Å²) in [5.74, 6) is -2.14. The van der Waals surface area contributed by atoms with E-state index in [1.165, 1.54) is 18.4 Å². The molecule has 132 valence electrons. The first-order valence-corrected chi connectivity index (χ1v) is 7.53. The fourth-order valence-electron chi connectivity index (χ4n) is 2.71. The lowest BCUT2D eigenvalue weighted by atomic mass is 9.92. The molecule has 0 bridgehead atoms. The maximum atomic E-state index is 10.6. The van der Waals surface area contributed by atoms with Gasteiger partial charge in [-0.3, -0.25) is 0 Å². The summed E-state index contributed by atoms with van der Waals surface area (Å²) in [6.07, 6.45) is -0.698. The maximum absolute atomic E-state index is 10.6. The predicted molar refractivity (Wildman–Crippen MR) is 81.0 cm³/mol. The molecule has 1 aliphatic rings. The van der Waals surface area contributed by atoms with Crippen molar-refractivity contribution in [3.05, 3.63) is 29.2 Å². The van der Waals surface area contributed by atoms with Crippen LogP contribution in [0.15, 0.2) is 12.3 Å². The minimum absolute atomic E-state index is 0.613. The SMILES string of the molecule is Cc1cc(C)n2ncc(C3CCNCC3)c2n1.O=C(O)C(F)(F)F. The van der Waals surface area contributed by atoms with Gasteiger partial charge in [0.25, 0.3) is 0 Å².